The monoisotopic (exact) mass is 170 g/mol. The van der Waals surface area contributed by atoms with Crippen molar-refractivity contribution in [3.05, 3.63) is 0 Å². The van der Waals surface area contributed by atoms with Crippen molar-refractivity contribution in [2.45, 2.75) is 46.6 Å². The summed E-state index contributed by atoms with van der Waals surface area (Å²) in [5.74, 6) is 0.448. The van der Waals surface area contributed by atoms with Crippen LogP contribution in [0.2, 0.25) is 0 Å². The lowest BCUT2D eigenvalue weighted by molar-refractivity contribution is -0.163. The fourth-order valence-electron chi connectivity index (χ4n) is 1.52. The maximum absolute atomic E-state index is 11.1. The number of esters is 1. The quantitative estimate of drug-likeness (QED) is 0.522. The van der Waals surface area contributed by atoms with Crippen LogP contribution in [0.25, 0.3) is 0 Å². The van der Waals surface area contributed by atoms with Gasteiger partial charge in [-0.25, -0.2) is 0 Å². The third-order valence-electron chi connectivity index (χ3n) is 2.37. The lowest BCUT2D eigenvalue weighted by Crippen LogP contribution is -2.37. The van der Waals surface area contributed by atoms with E-state index in [2.05, 4.69) is 27.7 Å². The molecule has 0 N–H and O–H groups in total. The normalized spacial score (nSPS) is 31.5. The first-order valence-corrected chi connectivity index (χ1v) is 4.59. The van der Waals surface area contributed by atoms with Gasteiger partial charge in [-0.1, -0.05) is 27.7 Å². The minimum Gasteiger partial charge on any atom is -0.462 e. The Labute approximate surface area is 74.3 Å². The van der Waals surface area contributed by atoms with Crippen LogP contribution < -0.4 is 0 Å². The molecular formula is C10H18O2. The third kappa shape index (κ3) is 2.23. The summed E-state index contributed by atoms with van der Waals surface area (Å²) in [4.78, 5) is 11.1. The Kier molecular flexibility index (Phi) is 2.45. The second-order valence-electron chi connectivity index (χ2n) is 4.89. The van der Waals surface area contributed by atoms with Gasteiger partial charge in [-0.15, -0.1) is 0 Å². The lowest BCUT2D eigenvalue weighted by Gasteiger charge is -2.35. The summed E-state index contributed by atoms with van der Waals surface area (Å²) in [5, 5.41) is 0. The summed E-state index contributed by atoms with van der Waals surface area (Å²) in [6.07, 6.45) is 1.70. The molecule has 0 saturated carbocycles. The van der Waals surface area contributed by atoms with Crippen LogP contribution in [0.1, 0.15) is 40.5 Å². The smallest absolute Gasteiger partial charge is 0.306 e. The van der Waals surface area contributed by atoms with Gasteiger partial charge in [0.25, 0.3) is 0 Å². The molecule has 0 spiro atoms. The van der Waals surface area contributed by atoms with Crippen molar-refractivity contribution >= 4 is 5.97 Å². The third-order valence-corrected chi connectivity index (χ3v) is 2.37. The molecule has 1 rings (SSSR count). The summed E-state index contributed by atoms with van der Waals surface area (Å²) in [6, 6.07) is 0. The van der Waals surface area contributed by atoms with E-state index in [1.165, 1.54) is 0 Å². The van der Waals surface area contributed by atoms with Gasteiger partial charge in [0.05, 0.1) is 0 Å². The fraction of sp³-hybridized carbons (Fsp3) is 0.900. The highest BCUT2D eigenvalue weighted by Crippen LogP contribution is 2.32. The zero-order chi connectivity index (χ0) is 9.35. The molecule has 0 bridgehead atoms. The molecule has 1 aliphatic heterocycles. The van der Waals surface area contributed by atoms with Gasteiger partial charge in [0.2, 0.25) is 0 Å². The fourth-order valence-corrected chi connectivity index (χ4v) is 1.52. The summed E-state index contributed by atoms with van der Waals surface area (Å²) >= 11 is 0. The Hall–Kier alpha value is -0.530. The number of hydrogen-bond acceptors (Lipinski definition) is 2. The molecule has 12 heavy (non-hydrogen) atoms. The van der Waals surface area contributed by atoms with E-state index in [-0.39, 0.29) is 17.5 Å². The molecule has 70 valence electrons. The molecule has 1 saturated heterocycles. The molecule has 2 heteroatoms. The van der Waals surface area contributed by atoms with E-state index in [1.54, 1.807) is 0 Å². The summed E-state index contributed by atoms with van der Waals surface area (Å²) in [5.41, 5.74) is 0.0876. The van der Waals surface area contributed by atoms with Crippen LogP contribution in [-0.2, 0) is 9.53 Å². The molecule has 1 unspecified atom stereocenters. The average molecular weight is 170 g/mol. The molecule has 1 aliphatic rings. The highest BCUT2D eigenvalue weighted by molar-refractivity contribution is 5.70. The van der Waals surface area contributed by atoms with Crippen LogP contribution in [0.4, 0.5) is 0 Å². The zero-order valence-corrected chi connectivity index (χ0v) is 8.39. The van der Waals surface area contributed by atoms with Gasteiger partial charge >= 0.3 is 5.97 Å². The van der Waals surface area contributed by atoms with E-state index in [1.807, 2.05) is 0 Å². The second kappa shape index (κ2) is 3.08. The molecule has 0 aromatic carbocycles. The molecular weight excluding hydrogens is 152 g/mol. The van der Waals surface area contributed by atoms with Gasteiger partial charge in [-0.3, -0.25) is 4.79 Å². The molecule has 0 radical (unpaired) electrons. The lowest BCUT2D eigenvalue weighted by atomic mass is 9.81. The first kappa shape index (κ1) is 9.56. The van der Waals surface area contributed by atoms with Crippen molar-refractivity contribution < 1.29 is 9.53 Å². The Bertz CT molecular complexity index is 179. The van der Waals surface area contributed by atoms with Gasteiger partial charge in [0.1, 0.15) is 6.10 Å². The minimum atomic E-state index is -0.0336. The largest absolute Gasteiger partial charge is 0.462 e. The highest BCUT2D eigenvalue weighted by atomic mass is 16.5. The highest BCUT2D eigenvalue weighted by Gasteiger charge is 2.34. The minimum absolute atomic E-state index is 0.0336. The van der Waals surface area contributed by atoms with Crippen molar-refractivity contribution in [2.24, 2.45) is 11.3 Å². The number of hydrogen-bond donors (Lipinski definition) is 0. The van der Waals surface area contributed by atoms with Crippen molar-refractivity contribution in [3.63, 3.8) is 0 Å². The average Bonchev–Trinajstić information content (AvgIpc) is 1.82. The number of carbonyl (C=O) groups is 1. The van der Waals surface area contributed by atoms with E-state index >= 15 is 0 Å². The molecule has 1 fully saturated rings. The molecule has 2 atom stereocenters. The van der Waals surface area contributed by atoms with E-state index in [9.17, 15) is 4.79 Å². The predicted molar refractivity (Wildman–Crippen MR) is 47.7 cm³/mol. The van der Waals surface area contributed by atoms with Crippen LogP contribution in [0, 0.1) is 11.3 Å². The van der Waals surface area contributed by atoms with Gasteiger partial charge < -0.3 is 4.74 Å². The topological polar surface area (TPSA) is 26.3 Å². The first-order valence-electron chi connectivity index (χ1n) is 4.59. The van der Waals surface area contributed by atoms with Crippen LogP contribution in [0.15, 0.2) is 0 Å². The Morgan fingerprint density at radius 1 is 1.42 bits per heavy atom. The van der Waals surface area contributed by atoms with Crippen molar-refractivity contribution in [1.82, 2.24) is 0 Å². The molecule has 1 heterocycles. The molecule has 0 aromatic rings. The van der Waals surface area contributed by atoms with Gasteiger partial charge in [-0.2, -0.15) is 0 Å². The van der Waals surface area contributed by atoms with Crippen molar-refractivity contribution in [2.75, 3.05) is 0 Å². The first-order chi connectivity index (χ1) is 5.39. The summed E-state index contributed by atoms with van der Waals surface area (Å²) in [7, 11) is 0. The molecule has 0 aliphatic carbocycles. The molecule has 0 aromatic heterocycles. The van der Waals surface area contributed by atoms with E-state index in [4.69, 9.17) is 4.74 Å². The van der Waals surface area contributed by atoms with E-state index in [0.717, 1.165) is 6.42 Å². The van der Waals surface area contributed by atoms with Gasteiger partial charge in [0, 0.05) is 6.42 Å². The zero-order valence-electron chi connectivity index (χ0n) is 8.39. The molecule has 2 nitrogen and oxygen atoms in total. The number of cyclic esters (lactones) is 1. The standard InChI is InChI=1S/C10H18O2/c1-7-5-8(10(2,3)4)12-9(11)6-7/h7-8H,5-6H2,1-4H3/t7-,8?/m1/s1. The summed E-state index contributed by atoms with van der Waals surface area (Å²) < 4.78 is 5.28. The number of ether oxygens (including phenoxy) is 1. The van der Waals surface area contributed by atoms with E-state index in [0.29, 0.717) is 12.3 Å². The summed E-state index contributed by atoms with van der Waals surface area (Å²) in [6.45, 7) is 8.45. The maximum Gasteiger partial charge on any atom is 0.306 e. The number of rotatable bonds is 0. The second-order valence-corrected chi connectivity index (χ2v) is 4.89. The van der Waals surface area contributed by atoms with Crippen LogP contribution in [0.3, 0.4) is 0 Å². The van der Waals surface area contributed by atoms with Gasteiger partial charge in [0.15, 0.2) is 0 Å². The van der Waals surface area contributed by atoms with Crippen LogP contribution in [-0.4, -0.2) is 12.1 Å². The Morgan fingerprint density at radius 2 is 2.00 bits per heavy atom. The Morgan fingerprint density at radius 3 is 2.42 bits per heavy atom. The van der Waals surface area contributed by atoms with Crippen molar-refractivity contribution in [3.8, 4) is 0 Å². The maximum atomic E-state index is 11.1. The van der Waals surface area contributed by atoms with Crippen LogP contribution in [0.5, 0.6) is 0 Å². The van der Waals surface area contributed by atoms with Crippen molar-refractivity contribution in [1.29, 1.82) is 0 Å². The predicted octanol–water partition coefficient (Wildman–Crippen LogP) is 2.37. The SMILES string of the molecule is C[C@H]1CC(=O)OC(C(C)(C)C)C1. The van der Waals surface area contributed by atoms with Crippen LogP contribution >= 0.6 is 0 Å². The number of carbonyl (C=O) groups excluding carboxylic acids is 1. The van der Waals surface area contributed by atoms with Gasteiger partial charge in [-0.05, 0) is 17.8 Å². The Balaban J connectivity index is 2.62. The van der Waals surface area contributed by atoms with E-state index < -0.39 is 0 Å². The molecule has 0 amide bonds.